The first-order valence-electron chi connectivity index (χ1n) is 11.7. The maximum atomic E-state index is 11.3. The highest BCUT2D eigenvalue weighted by Crippen LogP contribution is 2.34. The molecule has 28 heavy (non-hydrogen) atoms. The second kappa shape index (κ2) is 17.4. The van der Waals surface area contributed by atoms with Gasteiger partial charge in [0.15, 0.2) is 0 Å². The normalized spacial score (nSPS) is 21.2. The Morgan fingerprint density at radius 3 is 2.29 bits per heavy atom. The zero-order valence-electron chi connectivity index (χ0n) is 18.4. The molecule has 0 bridgehead atoms. The molecule has 0 aromatic heterocycles. The number of hydrogen-bond donors (Lipinski definition) is 1. The largest absolute Gasteiger partial charge is 0.469 e. The number of aliphatic hydroxyl groups excluding tert-OH is 1. The summed E-state index contributed by atoms with van der Waals surface area (Å²) in [6, 6.07) is 0. The van der Waals surface area contributed by atoms with Gasteiger partial charge in [-0.2, -0.15) is 11.8 Å². The Kier molecular flexibility index (Phi) is 15.9. The van der Waals surface area contributed by atoms with Crippen LogP contribution >= 0.6 is 11.8 Å². The molecular weight excluding hydrogens is 368 g/mol. The fourth-order valence-corrected chi connectivity index (χ4v) is 5.28. The highest BCUT2D eigenvalue weighted by Gasteiger charge is 2.27. The van der Waals surface area contributed by atoms with Gasteiger partial charge in [-0.05, 0) is 32.1 Å². The summed E-state index contributed by atoms with van der Waals surface area (Å²) in [7, 11) is 1.43. The van der Waals surface area contributed by atoms with E-state index in [1.807, 2.05) is 0 Å². The van der Waals surface area contributed by atoms with Crippen LogP contribution in [0.3, 0.4) is 0 Å². The van der Waals surface area contributed by atoms with Gasteiger partial charge in [0.2, 0.25) is 0 Å². The van der Waals surface area contributed by atoms with E-state index in [1.54, 1.807) is 11.8 Å². The van der Waals surface area contributed by atoms with Gasteiger partial charge in [-0.1, -0.05) is 82.8 Å². The van der Waals surface area contributed by atoms with Gasteiger partial charge >= 0.3 is 5.97 Å². The van der Waals surface area contributed by atoms with E-state index in [1.165, 1.54) is 83.3 Å². The summed E-state index contributed by atoms with van der Waals surface area (Å²) in [6.07, 6.45) is 21.9. The molecule has 4 heteroatoms. The molecule has 2 atom stereocenters. The number of carbonyl (C=O) groups excluding carboxylic acids is 1. The highest BCUT2D eigenvalue weighted by atomic mass is 32.2. The summed E-state index contributed by atoms with van der Waals surface area (Å²) < 4.78 is 4.71. The van der Waals surface area contributed by atoms with Crippen molar-refractivity contribution in [3.63, 3.8) is 0 Å². The molecule has 1 N–H and O–H groups in total. The Hall–Kier alpha value is -0.480. The molecule has 0 radical (unpaired) electrons. The lowest BCUT2D eigenvalue weighted by Gasteiger charge is -2.30. The molecule has 1 aliphatic carbocycles. The molecule has 0 heterocycles. The van der Waals surface area contributed by atoms with Crippen LogP contribution < -0.4 is 0 Å². The smallest absolute Gasteiger partial charge is 0.306 e. The number of thioether (sulfide) groups is 1. The van der Waals surface area contributed by atoms with E-state index >= 15 is 0 Å². The second-order valence-electron chi connectivity index (χ2n) is 8.18. The van der Waals surface area contributed by atoms with Crippen LogP contribution in [-0.4, -0.2) is 35.3 Å². The first-order chi connectivity index (χ1) is 13.7. The topological polar surface area (TPSA) is 46.5 Å². The molecule has 3 nitrogen and oxygen atoms in total. The van der Waals surface area contributed by atoms with Gasteiger partial charge in [-0.15, -0.1) is 0 Å². The van der Waals surface area contributed by atoms with Crippen LogP contribution in [0, 0.1) is 0 Å². The molecular formula is C24H44O3S. The van der Waals surface area contributed by atoms with Gasteiger partial charge in [0, 0.05) is 5.75 Å². The van der Waals surface area contributed by atoms with Crippen molar-refractivity contribution in [1.82, 2.24) is 0 Å². The third-order valence-electron chi connectivity index (χ3n) is 5.73. The Labute approximate surface area is 178 Å². The van der Waals surface area contributed by atoms with E-state index in [2.05, 4.69) is 13.0 Å². The van der Waals surface area contributed by atoms with E-state index in [4.69, 9.17) is 4.74 Å². The van der Waals surface area contributed by atoms with Crippen molar-refractivity contribution in [2.75, 3.05) is 12.9 Å². The Morgan fingerprint density at radius 1 is 1.07 bits per heavy atom. The fraction of sp³-hybridized carbons (Fsp3) is 0.875. The molecule has 164 valence electrons. The predicted octanol–water partition coefficient (Wildman–Crippen LogP) is 6.82. The van der Waals surface area contributed by atoms with Crippen molar-refractivity contribution in [2.24, 2.45) is 0 Å². The maximum absolute atomic E-state index is 11.3. The van der Waals surface area contributed by atoms with E-state index < -0.39 is 0 Å². The van der Waals surface area contributed by atoms with Crippen LogP contribution in [0.15, 0.2) is 11.6 Å². The molecule has 2 unspecified atom stereocenters. The standard InChI is InChI=1S/C24H44O3S/c1-3-4-5-6-7-8-9-10-11-12-13-14-16-21-17-15-18-22(25)24(21)28-20-19-23(26)27-2/h16,22,24-25H,3-15,17-20H2,1-2H3. The third-order valence-corrected chi connectivity index (χ3v) is 7.14. The molecule has 1 fully saturated rings. The van der Waals surface area contributed by atoms with Crippen LogP contribution in [0.5, 0.6) is 0 Å². The molecule has 1 aliphatic rings. The van der Waals surface area contributed by atoms with E-state index in [0.29, 0.717) is 6.42 Å². The number of methoxy groups -OCH3 is 1. The van der Waals surface area contributed by atoms with Gasteiger partial charge in [0.1, 0.15) is 0 Å². The summed E-state index contributed by atoms with van der Waals surface area (Å²) in [6.45, 7) is 2.27. The van der Waals surface area contributed by atoms with Crippen molar-refractivity contribution < 1.29 is 14.6 Å². The second-order valence-corrected chi connectivity index (χ2v) is 9.43. The summed E-state index contributed by atoms with van der Waals surface area (Å²) in [5.74, 6) is 0.564. The average Bonchev–Trinajstić information content (AvgIpc) is 2.70. The number of carbonyl (C=O) groups is 1. The first-order valence-corrected chi connectivity index (χ1v) is 12.8. The lowest BCUT2D eigenvalue weighted by Crippen LogP contribution is -2.29. The minimum atomic E-state index is -0.264. The van der Waals surface area contributed by atoms with Gasteiger partial charge in [-0.3, -0.25) is 4.79 Å². The Morgan fingerprint density at radius 2 is 1.68 bits per heavy atom. The van der Waals surface area contributed by atoms with Crippen LogP contribution in [0.25, 0.3) is 0 Å². The SMILES string of the molecule is CCCCCCCCCCCCCC=C1CCCC(O)C1SCCC(=O)OC. The van der Waals surface area contributed by atoms with E-state index in [9.17, 15) is 9.90 Å². The molecule has 0 amide bonds. The Bertz CT molecular complexity index is 422. The molecule has 0 saturated heterocycles. The van der Waals surface area contributed by atoms with Gasteiger partial charge in [0.05, 0.1) is 24.9 Å². The van der Waals surface area contributed by atoms with Crippen LogP contribution in [0.2, 0.25) is 0 Å². The van der Waals surface area contributed by atoms with Crippen molar-refractivity contribution in [3.05, 3.63) is 11.6 Å². The van der Waals surface area contributed by atoms with E-state index in [0.717, 1.165) is 31.4 Å². The zero-order valence-corrected chi connectivity index (χ0v) is 19.2. The fourth-order valence-electron chi connectivity index (χ4n) is 3.96. The minimum absolute atomic E-state index is 0.163. The maximum Gasteiger partial charge on any atom is 0.306 e. The monoisotopic (exact) mass is 412 g/mol. The van der Waals surface area contributed by atoms with Gasteiger partial charge in [0.25, 0.3) is 0 Å². The van der Waals surface area contributed by atoms with Crippen molar-refractivity contribution in [1.29, 1.82) is 0 Å². The number of ether oxygens (including phenoxy) is 1. The van der Waals surface area contributed by atoms with Gasteiger partial charge < -0.3 is 9.84 Å². The van der Waals surface area contributed by atoms with Crippen molar-refractivity contribution >= 4 is 17.7 Å². The average molecular weight is 413 g/mol. The lowest BCUT2D eigenvalue weighted by atomic mass is 9.91. The first kappa shape index (κ1) is 25.6. The molecule has 0 aliphatic heterocycles. The number of esters is 1. The van der Waals surface area contributed by atoms with Crippen molar-refractivity contribution in [3.8, 4) is 0 Å². The zero-order chi connectivity index (χ0) is 20.5. The van der Waals surface area contributed by atoms with Gasteiger partial charge in [-0.25, -0.2) is 0 Å². The quantitative estimate of drug-likeness (QED) is 0.171. The predicted molar refractivity (Wildman–Crippen MR) is 122 cm³/mol. The molecule has 0 aromatic carbocycles. The van der Waals surface area contributed by atoms with Crippen LogP contribution in [0.1, 0.15) is 110 Å². The minimum Gasteiger partial charge on any atom is -0.469 e. The summed E-state index contributed by atoms with van der Waals surface area (Å²) in [5.41, 5.74) is 1.40. The molecule has 0 spiro atoms. The third kappa shape index (κ3) is 12.2. The molecule has 1 saturated carbocycles. The van der Waals surface area contributed by atoms with Crippen molar-refractivity contribution in [2.45, 2.75) is 121 Å². The number of unbranched alkanes of at least 4 members (excludes halogenated alkanes) is 11. The number of rotatable bonds is 16. The molecule has 0 aromatic rings. The lowest BCUT2D eigenvalue weighted by molar-refractivity contribution is -0.140. The van der Waals surface area contributed by atoms with Crippen LogP contribution in [0.4, 0.5) is 0 Å². The van der Waals surface area contributed by atoms with E-state index in [-0.39, 0.29) is 17.3 Å². The summed E-state index contributed by atoms with van der Waals surface area (Å²) >= 11 is 1.72. The highest BCUT2D eigenvalue weighted by molar-refractivity contribution is 8.00. The summed E-state index contributed by atoms with van der Waals surface area (Å²) in [5, 5.41) is 10.5. The Balaban J connectivity index is 2.12. The number of hydrogen-bond acceptors (Lipinski definition) is 4. The number of allylic oxidation sites excluding steroid dienone is 1. The van der Waals surface area contributed by atoms with Crippen LogP contribution in [-0.2, 0) is 9.53 Å². The summed E-state index contributed by atoms with van der Waals surface area (Å²) in [4.78, 5) is 11.3. The molecule has 1 rings (SSSR count). The number of aliphatic hydroxyl groups is 1.